The van der Waals surface area contributed by atoms with Crippen LogP contribution >= 0.6 is 11.6 Å². The SMILES string of the molecule is O=C(Nc1nn(Cc2ccccc2F)cc1Cl)c1cc2nc(-c3ccc(F)cc3)cc(C(F)(F)C(F)(F)F)n2n1. The summed E-state index contributed by atoms with van der Waals surface area (Å²) in [5, 5.41) is 9.92. The fraction of sp³-hybridized carbons (Fsp3) is 0.120. The molecule has 0 aliphatic rings. The molecule has 3 aromatic heterocycles. The number of aromatic nitrogens is 5. The van der Waals surface area contributed by atoms with Crippen molar-refractivity contribution >= 4 is 29.0 Å². The van der Waals surface area contributed by atoms with E-state index in [2.05, 4.69) is 20.5 Å². The first-order valence-electron chi connectivity index (χ1n) is 11.2. The van der Waals surface area contributed by atoms with Crippen molar-refractivity contribution in [2.24, 2.45) is 0 Å². The van der Waals surface area contributed by atoms with Crippen LogP contribution in [-0.4, -0.2) is 36.5 Å². The molecule has 7 nitrogen and oxygen atoms in total. The Bertz CT molecular complexity index is 1730. The minimum absolute atomic E-state index is 0.0391. The molecule has 0 fully saturated rings. The number of benzene rings is 2. The molecule has 5 aromatic rings. The van der Waals surface area contributed by atoms with Crippen LogP contribution in [0.5, 0.6) is 0 Å². The normalized spacial score (nSPS) is 12.2. The number of hydrogen-bond acceptors (Lipinski definition) is 4. The summed E-state index contributed by atoms with van der Waals surface area (Å²) in [6.07, 6.45) is -4.71. The largest absolute Gasteiger partial charge is 0.459 e. The van der Waals surface area contributed by atoms with E-state index in [-0.39, 0.29) is 38.7 Å². The molecule has 0 spiro atoms. The van der Waals surface area contributed by atoms with Crippen LogP contribution in [0.15, 0.2) is 66.9 Å². The molecule has 5 rings (SSSR count). The number of alkyl halides is 5. The average Bonchev–Trinajstić information content (AvgIpc) is 3.47. The molecule has 0 bridgehead atoms. The second-order valence-corrected chi connectivity index (χ2v) is 8.88. The van der Waals surface area contributed by atoms with Gasteiger partial charge in [-0.05, 0) is 36.4 Å². The van der Waals surface area contributed by atoms with Crippen molar-refractivity contribution in [1.29, 1.82) is 0 Å². The van der Waals surface area contributed by atoms with E-state index < -0.39 is 46.7 Å². The summed E-state index contributed by atoms with van der Waals surface area (Å²) in [6.45, 7) is -0.0391. The number of nitrogens with one attached hydrogen (secondary N) is 1. The van der Waals surface area contributed by atoms with Gasteiger partial charge in [-0.2, -0.15) is 32.1 Å². The van der Waals surface area contributed by atoms with Crippen molar-refractivity contribution in [3.63, 3.8) is 0 Å². The number of hydrogen-bond donors (Lipinski definition) is 1. The molecule has 206 valence electrons. The van der Waals surface area contributed by atoms with Gasteiger partial charge in [0.05, 0.1) is 12.2 Å². The van der Waals surface area contributed by atoms with E-state index >= 15 is 0 Å². The Morgan fingerprint density at radius 1 is 0.950 bits per heavy atom. The highest BCUT2D eigenvalue weighted by molar-refractivity contribution is 6.33. The summed E-state index contributed by atoms with van der Waals surface area (Å²) in [5.74, 6) is -7.79. The molecule has 2 aromatic carbocycles. The van der Waals surface area contributed by atoms with Gasteiger partial charge in [0.15, 0.2) is 17.2 Å². The van der Waals surface area contributed by atoms with Gasteiger partial charge in [-0.15, -0.1) is 0 Å². The molecule has 0 radical (unpaired) electrons. The summed E-state index contributed by atoms with van der Waals surface area (Å²) in [5.41, 5.74) is -2.72. The first-order valence-corrected chi connectivity index (χ1v) is 11.6. The van der Waals surface area contributed by atoms with Crippen molar-refractivity contribution in [2.75, 3.05) is 5.32 Å². The van der Waals surface area contributed by atoms with Crippen molar-refractivity contribution in [3.05, 3.63) is 100 Å². The molecule has 3 heterocycles. The zero-order valence-corrected chi connectivity index (χ0v) is 20.5. The fourth-order valence-electron chi connectivity index (χ4n) is 3.76. The van der Waals surface area contributed by atoms with E-state index in [0.29, 0.717) is 6.07 Å². The van der Waals surface area contributed by atoms with Gasteiger partial charge in [-0.3, -0.25) is 9.48 Å². The lowest BCUT2D eigenvalue weighted by Gasteiger charge is -2.21. The number of fused-ring (bicyclic) bond motifs is 1. The van der Waals surface area contributed by atoms with Crippen molar-refractivity contribution < 1.29 is 35.5 Å². The van der Waals surface area contributed by atoms with Gasteiger partial charge < -0.3 is 5.32 Å². The molecule has 0 unspecified atom stereocenters. The third-order valence-electron chi connectivity index (χ3n) is 5.72. The predicted octanol–water partition coefficient (Wildman–Crippen LogP) is 6.48. The Balaban J connectivity index is 1.51. The Labute approximate surface area is 224 Å². The fourth-order valence-corrected chi connectivity index (χ4v) is 3.96. The van der Waals surface area contributed by atoms with Crippen molar-refractivity contribution in [2.45, 2.75) is 18.6 Å². The summed E-state index contributed by atoms with van der Waals surface area (Å²) in [4.78, 5) is 16.9. The van der Waals surface area contributed by atoms with Gasteiger partial charge in [0.1, 0.15) is 22.4 Å². The van der Waals surface area contributed by atoms with Crippen molar-refractivity contribution in [3.8, 4) is 11.3 Å². The Kier molecular flexibility index (Phi) is 6.74. The number of carbonyl (C=O) groups is 1. The van der Waals surface area contributed by atoms with Crippen LogP contribution in [0.4, 0.5) is 36.6 Å². The van der Waals surface area contributed by atoms with Crippen LogP contribution in [0.3, 0.4) is 0 Å². The molecule has 40 heavy (non-hydrogen) atoms. The van der Waals surface area contributed by atoms with Gasteiger partial charge in [-0.1, -0.05) is 29.8 Å². The Morgan fingerprint density at radius 2 is 1.65 bits per heavy atom. The smallest absolute Gasteiger partial charge is 0.302 e. The first-order chi connectivity index (χ1) is 18.8. The zero-order valence-electron chi connectivity index (χ0n) is 19.7. The summed E-state index contributed by atoms with van der Waals surface area (Å²) >= 11 is 6.12. The van der Waals surface area contributed by atoms with Gasteiger partial charge >= 0.3 is 12.1 Å². The predicted molar refractivity (Wildman–Crippen MR) is 129 cm³/mol. The standard InChI is InChI=1S/C25H14ClF7N6O/c26-16-12-38(11-14-3-1-2-4-17(14)28)37-22(16)35-23(40)19-10-21-34-18(13-5-7-15(27)8-6-13)9-20(39(21)36-19)24(29,30)25(31,32)33/h1-10,12H,11H2,(H,35,37,40). The molecule has 15 heteroatoms. The van der Waals surface area contributed by atoms with E-state index in [0.717, 1.165) is 30.3 Å². The number of rotatable bonds is 6. The van der Waals surface area contributed by atoms with Gasteiger partial charge in [0, 0.05) is 23.4 Å². The minimum atomic E-state index is -6.01. The lowest BCUT2D eigenvalue weighted by molar-refractivity contribution is -0.291. The number of nitrogens with zero attached hydrogens (tertiary/aromatic N) is 5. The zero-order chi connectivity index (χ0) is 28.8. The highest BCUT2D eigenvalue weighted by Crippen LogP contribution is 2.44. The highest BCUT2D eigenvalue weighted by atomic mass is 35.5. The molecule has 1 N–H and O–H groups in total. The molecule has 0 saturated carbocycles. The number of anilines is 1. The van der Waals surface area contributed by atoms with Crippen molar-refractivity contribution in [1.82, 2.24) is 24.4 Å². The summed E-state index contributed by atoms with van der Waals surface area (Å²) in [6, 6.07) is 11.5. The van der Waals surface area contributed by atoms with Crippen LogP contribution in [0, 0.1) is 11.6 Å². The minimum Gasteiger partial charge on any atom is -0.302 e. The second kappa shape index (κ2) is 9.93. The number of halogens is 8. The van der Waals surface area contributed by atoms with Crippen LogP contribution in [-0.2, 0) is 12.5 Å². The lowest BCUT2D eigenvalue weighted by atomic mass is 10.1. The van der Waals surface area contributed by atoms with Gasteiger partial charge in [0.2, 0.25) is 0 Å². The Hall–Kier alpha value is -4.46. The summed E-state index contributed by atoms with van der Waals surface area (Å²) < 4.78 is 97.8. The second-order valence-electron chi connectivity index (χ2n) is 8.47. The van der Waals surface area contributed by atoms with E-state index in [1.54, 1.807) is 6.07 Å². The molecular weight excluding hydrogens is 569 g/mol. The van der Waals surface area contributed by atoms with Crippen LogP contribution in [0.2, 0.25) is 5.02 Å². The topological polar surface area (TPSA) is 77.1 Å². The van der Waals surface area contributed by atoms with Gasteiger partial charge in [-0.25, -0.2) is 18.3 Å². The molecule has 0 aliphatic heterocycles. The molecular formula is C25H14ClF7N6O. The third kappa shape index (κ3) is 5.09. The maximum atomic E-state index is 14.5. The number of amides is 1. The Morgan fingerprint density at radius 3 is 2.33 bits per heavy atom. The molecule has 0 atom stereocenters. The quantitative estimate of drug-likeness (QED) is 0.233. The molecule has 1 amide bonds. The van der Waals surface area contributed by atoms with Crippen LogP contribution < -0.4 is 5.32 Å². The van der Waals surface area contributed by atoms with Crippen LogP contribution in [0.1, 0.15) is 21.7 Å². The summed E-state index contributed by atoms with van der Waals surface area (Å²) in [7, 11) is 0. The third-order valence-corrected chi connectivity index (χ3v) is 5.99. The maximum absolute atomic E-state index is 14.5. The van der Waals surface area contributed by atoms with E-state index in [1.165, 1.54) is 29.1 Å². The average molecular weight is 583 g/mol. The lowest BCUT2D eigenvalue weighted by Crippen LogP contribution is -2.36. The van der Waals surface area contributed by atoms with E-state index in [4.69, 9.17) is 11.6 Å². The highest BCUT2D eigenvalue weighted by Gasteiger charge is 2.60. The first kappa shape index (κ1) is 27.1. The molecule has 0 aliphatic carbocycles. The van der Waals surface area contributed by atoms with Gasteiger partial charge in [0.25, 0.3) is 5.91 Å². The maximum Gasteiger partial charge on any atom is 0.459 e. The van der Waals surface area contributed by atoms with Crippen LogP contribution in [0.25, 0.3) is 16.9 Å². The molecule has 0 saturated heterocycles. The number of carbonyl (C=O) groups excluding carboxylic acids is 1. The van der Waals surface area contributed by atoms with E-state index in [9.17, 15) is 35.5 Å². The van der Waals surface area contributed by atoms with E-state index in [1.807, 2.05) is 0 Å². The monoisotopic (exact) mass is 582 g/mol.